The Kier molecular flexibility index (Phi) is 4.60. The van der Waals surface area contributed by atoms with Crippen LogP contribution in [0.5, 0.6) is 0 Å². The van der Waals surface area contributed by atoms with Gasteiger partial charge in [-0.05, 0) is 50.0 Å². The van der Waals surface area contributed by atoms with Gasteiger partial charge in [-0.1, -0.05) is 18.2 Å². The molecule has 1 aliphatic carbocycles. The van der Waals surface area contributed by atoms with Crippen molar-refractivity contribution in [3.8, 4) is 0 Å². The first-order valence-electron chi connectivity index (χ1n) is 9.03. The molecule has 138 valence electrons. The molecule has 0 bridgehead atoms. The van der Waals surface area contributed by atoms with Crippen LogP contribution in [0.4, 0.5) is 17.5 Å². The lowest BCUT2D eigenvalue weighted by Gasteiger charge is -2.17. The van der Waals surface area contributed by atoms with Gasteiger partial charge in [-0.25, -0.2) is 10.8 Å². The first-order chi connectivity index (χ1) is 13.1. The van der Waals surface area contributed by atoms with Gasteiger partial charge < -0.3 is 10.6 Å². The molecule has 0 saturated carbocycles. The number of allylic oxidation sites excluding steroid dienone is 4. The molecule has 4 rings (SSSR count). The Labute approximate surface area is 157 Å². The highest BCUT2D eigenvalue weighted by molar-refractivity contribution is 6.13. The van der Waals surface area contributed by atoms with Crippen molar-refractivity contribution >= 4 is 23.2 Å². The van der Waals surface area contributed by atoms with E-state index in [-0.39, 0.29) is 5.78 Å². The van der Waals surface area contributed by atoms with Crippen LogP contribution in [0.1, 0.15) is 35.7 Å². The number of anilines is 3. The molecule has 2 aromatic rings. The molecule has 0 spiro atoms. The molecule has 7 nitrogen and oxygen atoms in total. The standard InChI is InChI=1S/C20H22N6O/c1-12-11-14-3-2-4-16(18(14)23-12)19(27)13-5-7-15(8-6-13)24-17-9-10-22-20(25-17)26-21/h2-5,7,9-10,12,23H,6,8,11,21H2,1H3,(H2,22,24,25,26)/t12-/m0/s1. The monoisotopic (exact) mass is 362 g/mol. The third-order valence-electron chi connectivity index (χ3n) is 4.83. The average molecular weight is 362 g/mol. The summed E-state index contributed by atoms with van der Waals surface area (Å²) in [6, 6.07) is 8.10. The van der Waals surface area contributed by atoms with Gasteiger partial charge in [0.15, 0.2) is 5.78 Å². The van der Waals surface area contributed by atoms with E-state index >= 15 is 0 Å². The number of hydrogen-bond acceptors (Lipinski definition) is 7. The molecule has 1 aliphatic heterocycles. The van der Waals surface area contributed by atoms with Gasteiger partial charge in [0.2, 0.25) is 5.95 Å². The Bertz CT molecular complexity index is 949. The van der Waals surface area contributed by atoms with E-state index < -0.39 is 0 Å². The Hall–Kier alpha value is -3.19. The van der Waals surface area contributed by atoms with Crippen LogP contribution in [-0.4, -0.2) is 21.8 Å². The Morgan fingerprint density at radius 3 is 2.93 bits per heavy atom. The van der Waals surface area contributed by atoms with E-state index in [2.05, 4.69) is 39.0 Å². The number of carbonyl (C=O) groups excluding carboxylic acids is 1. The number of nitrogens with zero attached hydrogens (tertiary/aromatic N) is 2. The zero-order valence-corrected chi connectivity index (χ0v) is 15.1. The number of fused-ring (bicyclic) bond motifs is 1. The third kappa shape index (κ3) is 3.54. The van der Waals surface area contributed by atoms with E-state index in [0.29, 0.717) is 24.2 Å². The fourth-order valence-corrected chi connectivity index (χ4v) is 3.52. The molecule has 1 atom stereocenters. The van der Waals surface area contributed by atoms with Crippen LogP contribution in [0.15, 0.2) is 53.9 Å². The van der Waals surface area contributed by atoms with Crippen molar-refractivity contribution in [3.05, 3.63) is 65.0 Å². The number of carbonyl (C=O) groups is 1. The number of benzene rings is 1. The quantitative estimate of drug-likeness (QED) is 0.368. The van der Waals surface area contributed by atoms with Crippen LogP contribution in [0, 0.1) is 0 Å². The lowest BCUT2D eigenvalue weighted by Crippen LogP contribution is -2.14. The smallest absolute Gasteiger partial charge is 0.239 e. The second-order valence-electron chi connectivity index (χ2n) is 6.84. The van der Waals surface area contributed by atoms with Crippen molar-refractivity contribution in [2.75, 3.05) is 16.1 Å². The van der Waals surface area contributed by atoms with Gasteiger partial charge in [0.05, 0.1) is 0 Å². The van der Waals surface area contributed by atoms with Crippen LogP contribution in [0.3, 0.4) is 0 Å². The van der Waals surface area contributed by atoms with E-state index in [4.69, 9.17) is 5.84 Å². The van der Waals surface area contributed by atoms with Gasteiger partial charge in [0.25, 0.3) is 0 Å². The first-order valence-corrected chi connectivity index (χ1v) is 9.03. The number of para-hydroxylation sites is 1. The number of nitrogens with one attached hydrogen (secondary N) is 3. The van der Waals surface area contributed by atoms with Crippen LogP contribution < -0.4 is 21.9 Å². The summed E-state index contributed by atoms with van der Waals surface area (Å²) >= 11 is 0. The zero-order valence-electron chi connectivity index (χ0n) is 15.1. The summed E-state index contributed by atoms with van der Waals surface area (Å²) in [7, 11) is 0. The van der Waals surface area contributed by atoms with E-state index in [1.54, 1.807) is 12.3 Å². The molecule has 7 heteroatoms. The maximum absolute atomic E-state index is 13.0. The van der Waals surface area contributed by atoms with Gasteiger partial charge in [0, 0.05) is 34.8 Å². The van der Waals surface area contributed by atoms with Crippen molar-refractivity contribution < 1.29 is 4.79 Å². The van der Waals surface area contributed by atoms with Crippen molar-refractivity contribution in [2.45, 2.75) is 32.2 Å². The van der Waals surface area contributed by atoms with Gasteiger partial charge >= 0.3 is 0 Å². The van der Waals surface area contributed by atoms with Crippen molar-refractivity contribution in [2.24, 2.45) is 5.84 Å². The van der Waals surface area contributed by atoms with Gasteiger partial charge in [-0.15, -0.1) is 0 Å². The minimum atomic E-state index is 0.0976. The summed E-state index contributed by atoms with van der Waals surface area (Å²) in [4.78, 5) is 21.2. The summed E-state index contributed by atoms with van der Waals surface area (Å²) in [5, 5.41) is 6.68. The summed E-state index contributed by atoms with van der Waals surface area (Å²) in [6.07, 6.45) is 7.85. The molecule has 0 unspecified atom stereocenters. The molecule has 1 aromatic carbocycles. The number of nitrogens with two attached hydrogens (primary N) is 1. The number of hydrazine groups is 1. The van der Waals surface area contributed by atoms with Crippen LogP contribution in [-0.2, 0) is 6.42 Å². The Morgan fingerprint density at radius 1 is 1.26 bits per heavy atom. The highest BCUT2D eigenvalue weighted by Crippen LogP contribution is 2.32. The Morgan fingerprint density at radius 2 is 2.15 bits per heavy atom. The highest BCUT2D eigenvalue weighted by Gasteiger charge is 2.24. The maximum atomic E-state index is 13.0. The van der Waals surface area contributed by atoms with E-state index in [1.165, 1.54) is 5.56 Å². The fraction of sp³-hybridized carbons (Fsp3) is 0.250. The molecule has 0 radical (unpaired) electrons. The number of ketones is 1. The molecule has 5 N–H and O–H groups in total. The second-order valence-corrected chi connectivity index (χ2v) is 6.84. The molecular weight excluding hydrogens is 340 g/mol. The molecule has 2 heterocycles. The average Bonchev–Trinajstić information content (AvgIpc) is 3.08. The first kappa shape index (κ1) is 17.2. The second kappa shape index (κ2) is 7.20. The molecule has 0 fully saturated rings. The summed E-state index contributed by atoms with van der Waals surface area (Å²) in [5.41, 5.74) is 7.22. The molecule has 0 saturated heterocycles. The molecule has 1 aromatic heterocycles. The molecule has 2 aliphatic rings. The number of rotatable bonds is 5. The van der Waals surface area contributed by atoms with Crippen molar-refractivity contribution in [1.82, 2.24) is 9.97 Å². The minimum absolute atomic E-state index is 0.0976. The largest absolute Gasteiger partial charge is 0.381 e. The molecule has 27 heavy (non-hydrogen) atoms. The third-order valence-corrected chi connectivity index (χ3v) is 4.83. The number of nitrogen functional groups attached to an aromatic ring is 1. The van der Waals surface area contributed by atoms with Crippen LogP contribution in [0.2, 0.25) is 0 Å². The van der Waals surface area contributed by atoms with Crippen molar-refractivity contribution in [3.63, 3.8) is 0 Å². The molecular formula is C20H22N6O. The van der Waals surface area contributed by atoms with Crippen LogP contribution >= 0.6 is 0 Å². The minimum Gasteiger partial charge on any atom is -0.381 e. The summed E-state index contributed by atoms with van der Waals surface area (Å²) in [5.74, 6) is 6.44. The van der Waals surface area contributed by atoms with Gasteiger partial charge in [0.1, 0.15) is 5.82 Å². The van der Waals surface area contributed by atoms with E-state index in [9.17, 15) is 4.79 Å². The topological polar surface area (TPSA) is 105 Å². The van der Waals surface area contributed by atoms with Gasteiger partial charge in [-0.2, -0.15) is 4.98 Å². The SMILES string of the molecule is C[C@H]1Cc2cccc(C(=O)C3=CC=C(Nc4ccnc(NN)n4)CC3)c2N1. The highest BCUT2D eigenvalue weighted by atomic mass is 16.1. The number of aromatic nitrogens is 2. The lowest BCUT2D eigenvalue weighted by atomic mass is 9.93. The zero-order chi connectivity index (χ0) is 18.8. The van der Waals surface area contributed by atoms with Crippen molar-refractivity contribution in [1.29, 1.82) is 0 Å². The Balaban J connectivity index is 1.52. The molecule has 0 amide bonds. The fourth-order valence-electron chi connectivity index (χ4n) is 3.52. The lowest BCUT2D eigenvalue weighted by molar-refractivity contribution is 0.103. The van der Waals surface area contributed by atoms with E-state index in [1.807, 2.05) is 24.3 Å². The number of Topliss-reactive ketones (excluding diaryl/α,β-unsaturated/α-hetero) is 1. The maximum Gasteiger partial charge on any atom is 0.239 e. The predicted octanol–water partition coefficient (Wildman–Crippen LogP) is 3.02. The summed E-state index contributed by atoms with van der Waals surface area (Å²) in [6.45, 7) is 2.13. The van der Waals surface area contributed by atoms with E-state index in [0.717, 1.165) is 35.4 Å². The number of hydrogen-bond donors (Lipinski definition) is 4. The van der Waals surface area contributed by atoms with Gasteiger partial charge in [-0.3, -0.25) is 10.2 Å². The predicted molar refractivity (Wildman–Crippen MR) is 106 cm³/mol. The normalized spacial score (nSPS) is 18.1. The summed E-state index contributed by atoms with van der Waals surface area (Å²) < 4.78 is 0. The van der Waals surface area contributed by atoms with Crippen LogP contribution in [0.25, 0.3) is 0 Å².